The van der Waals surface area contributed by atoms with Crippen LogP contribution in [0.25, 0.3) is 10.9 Å². The van der Waals surface area contributed by atoms with Gasteiger partial charge in [-0.25, -0.2) is 4.79 Å². The minimum atomic E-state index is -0.346. The summed E-state index contributed by atoms with van der Waals surface area (Å²) in [5.41, 5.74) is 6.82. The Morgan fingerprint density at radius 1 is 1.13 bits per heavy atom. The molecule has 1 aliphatic rings. The SMILES string of the molecule is NC(=O)[C@@H]1CCCC[C@H]1NC(=O)Nc1cccc2cccnc12. The molecule has 0 spiro atoms. The second kappa shape index (κ2) is 6.64. The Morgan fingerprint density at radius 3 is 2.74 bits per heavy atom. The number of nitrogens with two attached hydrogens (primary N) is 1. The van der Waals surface area contributed by atoms with Crippen LogP contribution >= 0.6 is 0 Å². The summed E-state index contributed by atoms with van der Waals surface area (Å²) >= 11 is 0. The van der Waals surface area contributed by atoms with E-state index in [0.29, 0.717) is 5.69 Å². The molecule has 0 bridgehead atoms. The molecule has 1 aliphatic carbocycles. The summed E-state index contributed by atoms with van der Waals surface area (Å²) in [5.74, 6) is -0.637. The fourth-order valence-electron chi connectivity index (χ4n) is 3.18. The van der Waals surface area contributed by atoms with Crippen LogP contribution in [0.4, 0.5) is 10.5 Å². The highest BCUT2D eigenvalue weighted by molar-refractivity contribution is 5.99. The largest absolute Gasteiger partial charge is 0.369 e. The maximum Gasteiger partial charge on any atom is 0.319 e. The molecule has 1 aromatic heterocycles. The summed E-state index contributed by atoms with van der Waals surface area (Å²) in [4.78, 5) is 28.1. The summed E-state index contributed by atoms with van der Waals surface area (Å²) in [5, 5.41) is 6.67. The third kappa shape index (κ3) is 3.41. The Hall–Kier alpha value is -2.63. The molecular weight excluding hydrogens is 292 g/mol. The molecule has 23 heavy (non-hydrogen) atoms. The molecule has 1 aromatic carbocycles. The summed E-state index contributed by atoms with van der Waals surface area (Å²) in [6, 6.07) is 8.87. The van der Waals surface area contributed by atoms with Crippen LogP contribution in [0, 0.1) is 5.92 Å². The van der Waals surface area contributed by atoms with Crippen molar-refractivity contribution in [2.45, 2.75) is 31.7 Å². The standard InChI is InChI=1S/C17H20N4O2/c18-16(22)12-7-1-2-8-13(12)20-17(23)21-14-9-3-5-11-6-4-10-19-15(11)14/h3-6,9-10,12-13H,1-2,7-8H2,(H2,18,22)(H2,20,21,23)/t12-,13-/m1/s1. The van der Waals surface area contributed by atoms with E-state index in [0.717, 1.165) is 36.6 Å². The van der Waals surface area contributed by atoms with Crippen LogP contribution in [-0.4, -0.2) is 23.0 Å². The van der Waals surface area contributed by atoms with E-state index in [-0.39, 0.29) is 23.9 Å². The van der Waals surface area contributed by atoms with Gasteiger partial charge >= 0.3 is 6.03 Å². The third-order valence-corrected chi connectivity index (χ3v) is 4.33. The average Bonchev–Trinajstić information content (AvgIpc) is 2.55. The average molecular weight is 312 g/mol. The Morgan fingerprint density at radius 2 is 1.91 bits per heavy atom. The number of carbonyl (C=O) groups excluding carboxylic acids is 2. The van der Waals surface area contributed by atoms with Gasteiger partial charge in [0, 0.05) is 17.6 Å². The number of amides is 3. The Bertz CT molecular complexity index is 726. The Balaban J connectivity index is 1.72. The highest BCUT2D eigenvalue weighted by Crippen LogP contribution is 2.25. The molecule has 120 valence electrons. The van der Waals surface area contributed by atoms with E-state index in [4.69, 9.17) is 5.73 Å². The van der Waals surface area contributed by atoms with Crippen molar-refractivity contribution in [3.8, 4) is 0 Å². The fourth-order valence-corrected chi connectivity index (χ4v) is 3.18. The summed E-state index contributed by atoms with van der Waals surface area (Å²) in [6.45, 7) is 0. The molecule has 0 unspecified atom stereocenters. The van der Waals surface area contributed by atoms with Gasteiger partial charge < -0.3 is 16.4 Å². The van der Waals surface area contributed by atoms with Gasteiger partial charge in [-0.05, 0) is 25.0 Å². The lowest BCUT2D eigenvalue weighted by molar-refractivity contribution is -0.123. The van der Waals surface area contributed by atoms with Crippen LogP contribution < -0.4 is 16.4 Å². The number of aromatic nitrogens is 1. The van der Waals surface area contributed by atoms with Crippen LogP contribution in [0.5, 0.6) is 0 Å². The summed E-state index contributed by atoms with van der Waals surface area (Å²) < 4.78 is 0. The number of pyridine rings is 1. The molecular formula is C17H20N4O2. The van der Waals surface area contributed by atoms with Crippen LogP contribution in [0.15, 0.2) is 36.5 Å². The number of hydrogen-bond acceptors (Lipinski definition) is 3. The van der Waals surface area contributed by atoms with Gasteiger partial charge in [0.2, 0.25) is 5.91 Å². The first-order chi connectivity index (χ1) is 11.1. The quantitative estimate of drug-likeness (QED) is 0.811. The van der Waals surface area contributed by atoms with Gasteiger partial charge in [-0.3, -0.25) is 9.78 Å². The lowest BCUT2D eigenvalue weighted by atomic mass is 9.84. The molecule has 2 aromatic rings. The van der Waals surface area contributed by atoms with E-state index >= 15 is 0 Å². The van der Waals surface area contributed by atoms with E-state index in [9.17, 15) is 9.59 Å². The third-order valence-electron chi connectivity index (χ3n) is 4.33. The highest BCUT2D eigenvalue weighted by Gasteiger charge is 2.30. The van der Waals surface area contributed by atoms with Crippen molar-refractivity contribution in [1.29, 1.82) is 0 Å². The first-order valence-electron chi connectivity index (χ1n) is 7.86. The van der Waals surface area contributed by atoms with Gasteiger partial charge in [0.15, 0.2) is 0 Å². The molecule has 0 radical (unpaired) electrons. The number of fused-ring (bicyclic) bond motifs is 1. The zero-order chi connectivity index (χ0) is 16.2. The smallest absolute Gasteiger partial charge is 0.319 e. The zero-order valence-electron chi connectivity index (χ0n) is 12.8. The van der Waals surface area contributed by atoms with Crippen molar-refractivity contribution in [1.82, 2.24) is 10.3 Å². The number of para-hydroxylation sites is 1. The molecule has 3 rings (SSSR count). The van der Waals surface area contributed by atoms with E-state index < -0.39 is 0 Å². The predicted molar refractivity (Wildman–Crippen MR) is 88.8 cm³/mol. The van der Waals surface area contributed by atoms with Crippen LogP contribution in [0.3, 0.4) is 0 Å². The van der Waals surface area contributed by atoms with Gasteiger partial charge in [-0.15, -0.1) is 0 Å². The molecule has 0 aliphatic heterocycles. The number of benzene rings is 1. The lowest BCUT2D eigenvalue weighted by Gasteiger charge is -2.29. The first kappa shape index (κ1) is 15.3. The van der Waals surface area contributed by atoms with Crippen molar-refractivity contribution in [3.05, 3.63) is 36.5 Å². The number of anilines is 1. The topological polar surface area (TPSA) is 97.1 Å². The van der Waals surface area contributed by atoms with Crippen molar-refractivity contribution < 1.29 is 9.59 Å². The summed E-state index contributed by atoms with van der Waals surface area (Å²) in [6.07, 6.45) is 5.16. The molecule has 1 heterocycles. The van der Waals surface area contributed by atoms with Crippen LogP contribution in [0.1, 0.15) is 25.7 Å². The van der Waals surface area contributed by atoms with Gasteiger partial charge in [0.1, 0.15) is 0 Å². The number of primary amides is 1. The molecule has 6 heteroatoms. The first-order valence-corrected chi connectivity index (χ1v) is 7.86. The number of carbonyl (C=O) groups is 2. The number of nitrogens with zero attached hydrogens (tertiary/aromatic N) is 1. The molecule has 0 saturated heterocycles. The molecule has 1 saturated carbocycles. The lowest BCUT2D eigenvalue weighted by Crippen LogP contribution is -2.48. The normalized spacial score (nSPS) is 20.9. The van der Waals surface area contributed by atoms with Crippen molar-refractivity contribution in [2.75, 3.05) is 5.32 Å². The number of rotatable bonds is 3. The second-order valence-corrected chi connectivity index (χ2v) is 5.88. The minimum absolute atomic E-state index is 0.204. The minimum Gasteiger partial charge on any atom is -0.369 e. The van der Waals surface area contributed by atoms with Gasteiger partial charge in [0.05, 0.1) is 17.1 Å². The summed E-state index contributed by atoms with van der Waals surface area (Å²) in [7, 11) is 0. The van der Waals surface area contributed by atoms with E-state index in [1.807, 2.05) is 24.3 Å². The highest BCUT2D eigenvalue weighted by atomic mass is 16.2. The van der Waals surface area contributed by atoms with E-state index in [1.54, 1.807) is 12.3 Å². The van der Waals surface area contributed by atoms with Gasteiger partial charge in [0.25, 0.3) is 0 Å². The zero-order valence-corrected chi connectivity index (χ0v) is 12.8. The van der Waals surface area contributed by atoms with Gasteiger partial charge in [-0.2, -0.15) is 0 Å². The van der Waals surface area contributed by atoms with Crippen LogP contribution in [0.2, 0.25) is 0 Å². The Kier molecular flexibility index (Phi) is 4.41. The Labute approximate surface area is 134 Å². The number of hydrogen-bond donors (Lipinski definition) is 3. The number of nitrogens with one attached hydrogen (secondary N) is 2. The molecule has 3 amide bonds. The predicted octanol–water partition coefficient (Wildman–Crippen LogP) is 2.40. The molecule has 6 nitrogen and oxygen atoms in total. The number of urea groups is 1. The van der Waals surface area contributed by atoms with E-state index in [2.05, 4.69) is 15.6 Å². The second-order valence-electron chi connectivity index (χ2n) is 5.88. The van der Waals surface area contributed by atoms with Crippen molar-refractivity contribution in [3.63, 3.8) is 0 Å². The fraction of sp³-hybridized carbons (Fsp3) is 0.353. The van der Waals surface area contributed by atoms with Gasteiger partial charge in [-0.1, -0.05) is 31.0 Å². The van der Waals surface area contributed by atoms with Crippen molar-refractivity contribution >= 4 is 28.5 Å². The van der Waals surface area contributed by atoms with E-state index in [1.165, 1.54) is 0 Å². The maximum absolute atomic E-state index is 12.3. The molecule has 1 fully saturated rings. The molecule has 2 atom stereocenters. The monoisotopic (exact) mass is 312 g/mol. The molecule has 4 N–H and O–H groups in total. The van der Waals surface area contributed by atoms with Crippen LogP contribution in [-0.2, 0) is 4.79 Å². The van der Waals surface area contributed by atoms with Crippen molar-refractivity contribution in [2.24, 2.45) is 11.7 Å². The maximum atomic E-state index is 12.3.